The Morgan fingerprint density at radius 2 is 2.06 bits per heavy atom. The third kappa shape index (κ3) is 3.09. The van der Waals surface area contributed by atoms with E-state index in [4.69, 9.17) is 4.42 Å². The van der Waals surface area contributed by atoms with Crippen LogP contribution in [-0.2, 0) is 6.54 Å². The molecule has 0 aliphatic heterocycles. The Balaban J connectivity index is 1.85. The first kappa shape index (κ1) is 12.6. The third-order valence-electron chi connectivity index (χ3n) is 4.02. The number of aromatic nitrogens is 1. The predicted molar refractivity (Wildman–Crippen MR) is 68.8 cm³/mol. The van der Waals surface area contributed by atoms with Gasteiger partial charge in [0.2, 0.25) is 5.89 Å². The highest BCUT2D eigenvalue weighted by Gasteiger charge is 2.25. The maximum Gasteiger partial charge on any atom is 0.208 e. The normalized spacial score (nSPS) is 29.5. The van der Waals surface area contributed by atoms with Crippen LogP contribution in [0.1, 0.15) is 50.5 Å². The summed E-state index contributed by atoms with van der Waals surface area (Å²) in [6.45, 7) is 9.43. The topological polar surface area (TPSA) is 38.1 Å². The molecule has 17 heavy (non-hydrogen) atoms. The molecule has 1 aliphatic rings. The highest BCUT2D eigenvalue weighted by molar-refractivity contribution is 5.05. The van der Waals surface area contributed by atoms with Gasteiger partial charge in [-0.3, -0.25) is 0 Å². The lowest BCUT2D eigenvalue weighted by Gasteiger charge is -2.33. The van der Waals surface area contributed by atoms with Crippen LogP contribution in [0.15, 0.2) is 4.42 Å². The Morgan fingerprint density at radius 1 is 1.29 bits per heavy atom. The SMILES string of the molecule is Cc1nc(CNC2CCC(C)CC2C)oc1C. The minimum atomic E-state index is 0.624. The zero-order valence-electron chi connectivity index (χ0n) is 11.4. The molecule has 0 saturated heterocycles. The molecule has 1 heterocycles. The molecule has 3 heteroatoms. The molecule has 1 aromatic heterocycles. The largest absolute Gasteiger partial charge is 0.444 e. The Kier molecular flexibility index (Phi) is 3.87. The molecule has 3 unspecified atom stereocenters. The Hall–Kier alpha value is -0.830. The van der Waals surface area contributed by atoms with Crippen molar-refractivity contribution in [3.05, 3.63) is 17.3 Å². The van der Waals surface area contributed by atoms with Gasteiger partial charge in [0.05, 0.1) is 12.2 Å². The molecule has 1 aromatic rings. The minimum Gasteiger partial charge on any atom is -0.444 e. The van der Waals surface area contributed by atoms with E-state index in [-0.39, 0.29) is 0 Å². The van der Waals surface area contributed by atoms with Crippen molar-refractivity contribution < 1.29 is 4.42 Å². The lowest BCUT2D eigenvalue weighted by Crippen LogP contribution is -2.38. The van der Waals surface area contributed by atoms with Crippen molar-refractivity contribution in [1.82, 2.24) is 10.3 Å². The van der Waals surface area contributed by atoms with E-state index in [0.717, 1.165) is 35.7 Å². The molecule has 1 N–H and O–H groups in total. The molecule has 0 radical (unpaired) electrons. The first-order valence-electron chi connectivity index (χ1n) is 6.72. The fourth-order valence-corrected chi connectivity index (χ4v) is 2.80. The first-order chi connectivity index (χ1) is 8.06. The van der Waals surface area contributed by atoms with Gasteiger partial charge in [-0.05, 0) is 44.9 Å². The summed E-state index contributed by atoms with van der Waals surface area (Å²) in [6.07, 6.45) is 3.95. The summed E-state index contributed by atoms with van der Waals surface area (Å²) in [5.41, 5.74) is 1.01. The van der Waals surface area contributed by atoms with Gasteiger partial charge in [-0.1, -0.05) is 13.8 Å². The number of aryl methyl sites for hydroxylation is 2. The second-order valence-electron chi connectivity index (χ2n) is 5.63. The predicted octanol–water partition coefficient (Wildman–Crippen LogP) is 3.21. The summed E-state index contributed by atoms with van der Waals surface area (Å²) in [6, 6.07) is 0.624. The molecule has 1 saturated carbocycles. The average molecular weight is 236 g/mol. The number of oxazole rings is 1. The fraction of sp³-hybridized carbons (Fsp3) is 0.786. The van der Waals surface area contributed by atoms with Crippen molar-refractivity contribution in [3.63, 3.8) is 0 Å². The highest BCUT2D eigenvalue weighted by atomic mass is 16.4. The Morgan fingerprint density at radius 3 is 2.65 bits per heavy atom. The van der Waals surface area contributed by atoms with Crippen molar-refractivity contribution >= 4 is 0 Å². The zero-order chi connectivity index (χ0) is 12.4. The van der Waals surface area contributed by atoms with Gasteiger partial charge in [0.25, 0.3) is 0 Å². The first-order valence-corrected chi connectivity index (χ1v) is 6.72. The van der Waals surface area contributed by atoms with Crippen LogP contribution < -0.4 is 5.32 Å². The minimum absolute atomic E-state index is 0.624. The molecule has 0 bridgehead atoms. The average Bonchev–Trinajstić information content (AvgIpc) is 2.57. The Labute approximate surface area is 104 Å². The summed E-state index contributed by atoms with van der Waals surface area (Å²) in [7, 11) is 0. The number of hydrogen-bond donors (Lipinski definition) is 1. The number of hydrogen-bond acceptors (Lipinski definition) is 3. The van der Waals surface area contributed by atoms with Crippen LogP contribution in [0.4, 0.5) is 0 Å². The Bertz CT molecular complexity index is 353. The smallest absolute Gasteiger partial charge is 0.208 e. The number of nitrogens with zero attached hydrogens (tertiary/aromatic N) is 1. The highest BCUT2D eigenvalue weighted by Crippen LogP contribution is 2.28. The number of rotatable bonds is 3. The lowest BCUT2D eigenvalue weighted by atomic mass is 9.80. The molecule has 3 nitrogen and oxygen atoms in total. The molecule has 1 fully saturated rings. The molecule has 0 spiro atoms. The van der Waals surface area contributed by atoms with Crippen LogP contribution in [0.2, 0.25) is 0 Å². The van der Waals surface area contributed by atoms with Crippen LogP contribution in [0.3, 0.4) is 0 Å². The van der Waals surface area contributed by atoms with Gasteiger partial charge >= 0.3 is 0 Å². The van der Waals surface area contributed by atoms with E-state index in [0.29, 0.717) is 6.04 Å². The van der Waals surface area contributed by atoms with Gasteiger partial charge in [0.1, 0.15) is 5.76 Å². The van der Waals surface area contributed by atoms with Crippen LogP contribution in [0, 0.1) is 25.7 Å². The second-order valence-corrected chi connectivity index (χ2v) is 5.63. The van der Waals surface area contributed by atoms with Gasteiger partial charge in [0, 0.05) is 6.04 Å². The van der Waals surface area contributed by atoms with Crippen LogP contribution in [0.5, 0.6) is 0 Å². The lowest BCUT2D eigenvalue weighted by molar-refractivity contribution is 0.222. The maximum atomic E-state index is 5.59. The van der Waals surface area contributed by atoms with E-state index in [1.807, 2.05) is 13.8 Å². The van der Waals surface area contributed by atoms with Crippen molar-refractivity contribution in [3.8, 4) is 0 Å². The summed E-state index contributed by atoms with van der Waals surface area (Å²) in [4.78, 5) is 4.41. The van der Waals surface area contributed by atoms with Crippen LogP contribution in [-0.4, -0.2) is 11.0 Å². The van der Waals surface area contributed by atoms with E-state index in [1.165, 1.54) is 19.3 Å². The third-order valence-corrected chi connectivity index (χ3v) is 4.02. The van der Waals surface area contributed by atoms with Gasteiger partial charge in [-0.2, -0.15) is 0 Å². The molecule has 0 aromatic carbocycles. The van der Waals surface area contributed by atoms with Gasteiger partial charge < -0.3 is 9.73 Å². The molecule has 1 aliphatic carbocycles. The molecule has 3 atom stereocenters. The molecular weight excluding hydrogens is 212 g/mol. The summed E-state index contributed by atoms with van der Waals surface area (Å²) in [5.74, 6) is 3.41. The number of nitrogens with one attached hydrogen (secondary N) is 1. The summed E-state index contributed by atoms with van der Waals surface area (Å²) >= 11 is 0. The molecule has 0 amide bonds. The zero-order valence-corrected chi connectivity index (χ0v) is 11.4. The molecular formula is C14H24N2O. The summed E-state index contributed by atoms with van der Waals surface area (Å²) in [5, 5.41) is 3.59. The van der Waals surface area contributed by atoms with E-state index in [1.54, 1.807) is 0 Å². The molecule has 2 rings (SSSR count). The maximum absolute atomic E-state index is 5.59. The van der Waals surface area contributed by atoms with E-state index in [9.17, 15) is 0 Å². The fourth-order valence-electron chi connectivity index (χ4n) is 2.80. The van der Waals surface area contributed by atoms with Crippen LogP contribution >= 0.6 is 0 Å². The van der Waals surface area contributed by atoms with Crippen molar-refractivity contribution in [2.24, 2.45) is 11.8 Å². The van der Waals surface area contributed by atoms with Gasteiger partial charge in [0.15, 0.2) is 0 Å². The van der Waals surface area contributed by atoms with E-state index < -0.39 is 0 Å². The van der Waals surface area contributed by atoms with Gasteiger partial charge in [-0.25, -0.2) is 4.98 Å². The van der Waals surface area contributed by atoms with Crippen molar-refractivity contribution in [2.45, 2.75) is 59.5 Å². The van der Waals surface area contributed by atoms with E-state index >= 15 is 0 Å². The standard InChI is InChI=1S/C14H24N2O/c1-9-5-6-13(10(2)7-9)15-8-14-16-11(3)12(4)17-14/h9-10,13,15H,5-8H2,1-4H3. The quantitative estimate of drug-likeness (QED) is 0.875. The monoisotopic (exact) mass is 236 g/mol. The van der Waals surface area contributed by atoms with Crippen molar-refractivity contribution in [2.75, 3.05) is 0 Å². The van der Waals surface area contributed by atoms with Crippen LogP contribution in [0.25, 0.3) is 0 Å². The molecule has 96 valence electrons. The summed E-state index contributed by atoms with van der Waals surface area (Å²) < 4.78 is 5.59. The second kappa shape index (κ2) is 5.21. The van der Waals surface area contributed by atoms with Crippen molar-refractivity contribution in [1.29, 1.82) is 0 Å². The van der Waals surface area contributed by atoms with E-state index in [2.05, 4.69) is 24.1 Å². The van der Waals surface area contributed by atoms with Gasteiger partial charge in [-0.15, -0.1) is 0 Å².